The molecule has 1 fully saturated rings. The fraction of sp³-hybridized carbons (Fsp3) is 0.667. The molecule has 0 aromatic carbocycles. The van der Waals surface area contributed by atoms with Crippen molar-refractivity contribution in [2.75, 3.05) is 18.0 Å². The summed E-state index contributed by atoms with van der Waals surface area (Å²) in [5, 5.41) is 16.5. The van der Waals surface area contributed by atoms with E-state index in [4.69, 9.17) is 4.74 Å². The van der Waals surface area contributed by atoms with Crippen LogP contribution in [0.25, 0.3) is 11.5 Å². The number of ether oxygens (including phenoxy) is 1. The molecule has 7 heteroatoms. The van der Waals surface area contributed by atoms with Gasteiger partial charge in [0.15, 0.2) is 5.82 Å². The molecule has 0 spiro atoms. The molecule has 2 aliphatic heterocycles. The molecule has 0 unspecified atom stereocenters. The van der Waals surface area contributed by atoms with Crippen LogP contribution in [-0.2, 0) is 23.5 Å². The van der Waals surface area contributed by atoms with Crippen molar-refractivity contribution < 1.29 is 4.74 Å². The van der Waals surface area contributed by atoms with Crippen LogP contribution in [0.3, 0.4) is 0 Å². The highest BCUT2D eigenvalue weighted by Crippen LogP contribution is 2.39. The van der Waals surface area contributed by atoms with Gasteiger partial charge in [-0.25, -0.2) is 0 Å². The summed E-state index contributed by atoms with van der Waals surface area (Å²) in [7, 11) is 0. The first kappa shape index (κ1) is 13.8. The molecule has 0 atom stereocenters. The summed E-state index contributed by atoms with van der Waals surface area (Å²) in [6.45, 7) is 9.77. The highest BCUT2D eigenvalue weighted by atomic mass is 16.5. The van der Waals surface area contributed by atoms with E-state index in [9.17, 15) is 0 Å². The third-order valence-corrected chi connectivity index (χ3v) is 4.69. The van der Waals surface area contributed by atoms with Crippen LogP contribution in [0.15, 0.2) is 0 Å². The summed E-state index contributed by atoms with van der Waals surface area (Å²) in [6.07, 6.45) is 2.46. The summed E-state index contributed by atoms with van der Waals surface area (Å²) in [5.41, 5.74) is 2.73. The Balaban J connectivity index is 1.78. The monoisotopic (exact) mass is 302 g/mol. The van der Waals surface area contributed by atoms with Crippen LogP contribution in [0.4, 0.5) is 5.95 Å². The van der Waals surface area contributed by atoms with E-state index >= 15 is 0 Å². The standard InChI is InChI=1S/C15H22N6O/c1-4-21-13(18-19-14(21)20-7-5-6-8-20)11-10-9-22-15(2,3)12(10)17-16-11/h4-9H2,1-3H3,(H,16,17). The van der Waals surface area contributed by atoms with Gasteiger partial charge < -0.3 is 9.64 Å². The van der Waals surface area contributed by atoms with E-state index in [0.29, 0.717) is 6.61 Å². The molecule has 0 amide bonds. The minimum absolute atomic E-state index is 0.310. The number of nitrogens with one attached hydrogen (secondary N) is 1. The van der Waals surface area contributed by atoms with E-state index in [-0.39, 0.29) is 5.60 Å². The maximum Gasteiger partial charge on any atom is 0.227 e. The molecule has 1 saturated heterocycles. The number of hydrogen-bond donors (Lipinski definition) is 1. The molecule has 0 radical (unpaired) electrons. The first-order chi connectivity index (χ1) is 10.6. The average Bonchev–Trinajstić information content (AvgIpc) is 3.22. The van der Waals surface area contributed by atoms with Gasteiger partial charge in [0.1, 0.15) is 11.3 Å². The van der Waals surface area contributed by atoms with Gasteiger partial charge in [0.25, 0.3) is 0 Å². The first-order valence-corrected chi connectivity index (χ1v) is 8.02. The normalized spacial score (nSPS) is 19.9. The molecule has 2 aromatic rings. The zero-order valence-corrected chi connectivity index (χ0v) is 13.4. The fourth-order valence-corrected chi connectivity index (χ4v) is 3.43. The summed E-state index contributed by atoms with van der Waals surface area (Å²) < 4.78 is 8.01. The van der Waals surface area contributed by atoms with Gasteiger partial charge in [0.05, 0.1) is 12.3 Å². The van der Waals surface area contributed by atoms with Crippen molar-refractivity contribution in [2.24, 2.45) is 0 Å². The highest BCUT2D eigenvalue weighted by molar-refractivity contribution is 5.60. The predicted molar refractivity (Wildman–Crippen MR) is 82.5 cm³/mol. The summed E-state index contributed by atoms with van der Waals surface area (Å²) in [6, 6.07) is 0. The van der Waals surface area contributed by atoms with Gasteiger partial charge in [-0.1, -0.05) is 0 Å². The van der Waals surface area contributed by atoms with Crippen LogP contribution in [0.1, 0.15) is 44.9 Å². The maximum atomic E-state index is 5.85. The molecule has 2 aliphatic rings. The molecule has 0 bridgehead atoms. The van der Waals surface area contributed by atoms with Crippen molar-refractivity contribution in [2.45, 2.75) is 52.4 Å². The van der Waals surface area contributed by atoms with Crippen LogP contribution in [0.2, 0.25) is 0 Å². The predicted octanol–water partition coefficient (Wildman–Crippen LogP) is 2.05. The molecule has 4 heterocycles. The average molecular weight is 302 g/mol. The van der Waals surface area contributed by atoms with Gasteiger partial charge in [-0.3, -0.25) is 9.67 Å². The third kappa shape index (κ3) is 1.88. The Labute approximate surface area is 129 Å². The molecule has 4 rings (SSSR count). The third-order valence-electron chi connectivity index (χ3n) is 4.69. The molecule has 0 saturated carbocycles. The second-order valence-electron chi connectivity index (χ2n) is 6.49. The van der Waals surface area contributed by atoms with Crippen LogP contribution in [-0.4, -0.2) is 38.1 Å². The summed E-state index contributed by atoms with van der Waals surface area (Å²) >= 11 is 0. The molecule has 2 aromatic heterocycles. The fourth-order valence-electron chi connectivity index (χ4n) is 3.43. The lowest BCUT2D eigenvalue weighted by molar-refractivity contribution is -0.0111. The second kappa shape index (κ2) is 4.81. The van der Waals surface area contributed by atoms with E-state index in [1.165, 1.54) is 12.8 Å². The van der Waals surface area contributed by atoms with Gasteiger partial charge in [-0.05, 0) is 33.6 Å². The van der Waals surface area contributed by atoms with E-state index < -0.39 is 0 Å². The highest BCUT2D eigenvalue weighted by Gasteiger charge is 2.37. The molecular formula is C15H22N6O. The Bertz CT molecular complexity index is 695. The van der Waals surface area contributed by atoms with Gasteiger partial charge in [-0.2, -0.15) is 5.10 Å². The van der Waals surface area contributed by atoms with E-state index in [1.54, 1.807) is 0 Å². The van der Waals surface area contributed by atoms with Gasteiger partial charge in [0.2, 0.25) is 5.95 Å². The summed E-state index contributed by atoms with van der Waals surface area (Å²) in [4.78, 5) is 2.31. The van der Waals surface area contributed by atoms with Crippen molar-refractivity contribution in [1.82, 2.24) is 25.0 Å². The smallest absolute Gasteiger partial charge is 0.227 e. The summed E-state index contributed by atoms with van der Waals surface area (Å²) in [5.74, 6) is 1.80. The minimum atomic E-state index is -0.310. The topological polar surface area (TPSA) is 71.9 Å². The van der Waals surface area contributed by atoms with Gasteiger partial charge in [-0.15, -0.1) is 10.2 Å². The van der Waals surface area contributed by atoms with E-state index in [2.05, 4.69) is 50.6 Å². The molecule has 7 nitrogen and oxygen atoms in total. The number of fused-ring (bicyclic) bond motifs is 1. The van der Waals surface area contributed by atoms with Crippen LogP contribution < -0.4 is 4.90 Å². The number of aromatic amines is 1. The van der Waals surface area contributed by atoms with E-state index in [0.717, 1.165) is 48.4 Å². The first-order valence-electron chi connectivity index (χ1n) is 8.02. The number of rotatable bonds is 3. The Hall–Kier alpha value is -1.89. The zero-order chi connectivity index (χ0) is 15.3. The number of hydrogen-bond acceptors (Lipinski definition) is 5. The van der Waals surface area contributed by atoms with E-state index in [1.807, 2.05) is 0 Å². The Morgan fingerprint density at radius 3 is 2.73 bits per heavy atom. The zero-order valence-electron chi connectivity index (χ0n) is 13.4. The number of anilines is 1. The molecule has 118 valence electrons. The van der Waals surface area contributed by atoms with Crippen LogP contribution in [0.5, 0.6) is 0 Å². The Kier molecular flexibility index (Phi) is 3.00. The van der Waals surface area contributed by atoms with Crippen molar-refractivity contribution in [3.8, 4) is 11.5 Å². The van der Waals surface area contributed by atoms with Gasteiger partial charge >= 0.3 is 0 Å². The number of aromatic nitrogens is 5. The Morgan fingerprint density at radius 2 is 2.00 bits per heavy atom. The molecule has 0 aliphatic carbocycles. The van der Waals surface area contributed by atoms with Crippen LogP contribution >= 0.6 is 0 Å². The molecule has 1 N–H and O–H groups in total. The molecule has 22 heavy (non-hydrogen) atoms. The largest absolute Gasteiger partial charge is 0.364 e. The van der Waals surface area contributed by atoms with Gasteiger partial charge in [0, 0.05) is 25.2 Å². The lowest BCUT2D eigenvalue weighted by Gasteiger charge is -2.17. The van der Waals surface area contributed by atoms with Crippen molar-refractivity contribution in [3.63, 3.8) is 0 Å². The lowest BCUT2D eigenvalue weighted by atomic mass is 10.0. The SMILES string of the molecule is CCn1c(-c2n[nH]c3c2COC3(C)C)nnc1N1CCCC1. The van der Waals surface area contributed by atoms with Crippen molar-refractivity contribution in [3.05, 3.63) is 11.3 Å². The molecular weight excluding hydrogens is 280 g/mol. The second-order valence-corrected chi connectivity index (χ2v) is 6.49. The lowest BCUT2D eigenvalue weighted by Crippen LogP contribution is -2.22. The Morgan fingerprint density at radius 1 is 1.23 bits per heavy atom. The minimum Gasteiger partial charge on any atom is -0.364 e. The van der Waals surface area contributed by atoms with Crippen molar-refractivity contribution >= 4 is 5.95 Å². The quantitative estimate of drug-likeness (QED) is 0.939. The maximum absolute atomic E-state index is 5.85. The number of H-pyrrole nitrogens is 1. The number of nitrogens with zero attached hydrogens (tertiary/aromatic N) is 5. The van der Waals surface area contributed by atoms with Crippen molar-refractivity contribution in [1.29, 1.82) is 0 Å². The van der Waals surface area contributed by atoms with Crippen LogP contribution in [0, 0.1) is 0 Å².